The number of nitrogens with zero attached hydrogens (tertiary/aromatic N) is 4. The van der Waals surface area contributed by atoms with Gasteiger partial charge in [0.1, 0.15) is 6.61 Å². The molecule has 4 aliphatic heterocycles. The van der Waals surface area contributed by atoms with Crippen LogP contribution in [0.4, 0.5) is 10.5 Å². The van der Waals surface area contributed by atoms with Crippen LogP contribution in [-0.2, 0) is 28.3 Å². The summed E-state index contributed by atoms with van der Waals surface area (Å²) in [5, 5.41) is 15.0. The van der Waals surface area contributed by atoms with E-state index in [1.807, 2.05) is 29.2 Å². The molecule has 2 saturated heterocycles. The minimum absolute atomic E-state index is 0.0831. The second kappa shape index (κ2) is 9.95. The second-order valence-electron chi connectivity index (χ2n) is 11.8. The van der Waals surface area contributed by atoms with E-state index in [0.29, 0.717) is 40.8 Å². The summed E-state index contributed by atoms with van der Waals surface area (Å²) in [5.74, 6) is -0.734. The number of rotatable bonds is 3. The molecule has 10 heteroatoms. The molecule has 4 aliphatic rings. The topological polar surface area (TPSA) is 117 Å². The lowest BCUT2D eigenvalue weighted by Gasteiger charge is -2.40. The number of pyridine rings is 2. The van der Waals surface area contributed by atoms with Gasteiger partial charge in [0.2, 0.25) is 0 Å². The van der Waals surface area contributed by atoms with Crippen molar-refractivity contribution in [2.24, 2.45) is 0 Å². The van der Waals surface area contributed by atoms with Gasteiger partial charge in [-0.25, -0.2) is 14.6 Å². The predicted molar refractivity (Wildman–Crippen MR) is 154 cm³/mol. The normalized spacial score (nSPS) is 22.7. The van der Waals surface area contributed by atoms with Crippen LogP contribution in [0.2, 0.25) is 0 Å². The maximum absolute atomic E-state index is 13.4. The molecule has 0 spiro atoms. The van der Waals surface area contributed by atoms with Gasteiger partial charge in [-0.15, -0.1) is 0 Å². The van der Waals surface area contributed by atoms with Crippen molar-refractivity contribution in [3.63, 3.8) is 0 Å². The van der Waals surface area contributed by atoms with Crippen LogP contribution < -0.4 is 10.9 Å². The summed E-state index contributed by atoms with van der Waals surface area (Å²) >= 11 is 0. The standard InChI is InChI=1S/C31H35N5O5/c1-2-31(40)24-16-26-27-20(17-36(26)28(37)23(24)18-41-29(31)38)14-19-15-21(6-7-25(19)33-27)32-30(39)35-12-8-22(9-13-35)34-10-4-3-5-11-34/h6-7,14-16,22,40H,2-5,8-13,17-18H2,1H3,(H,32,39)/t31-/m0/s1. The van der Waals surface area contributed by atoms with Gasteiger partial charge >= 0.3 is 12.0 Å². The Bertz CT molecular complexity index is 1620. The van der Waals surface area contributed by atoms with E-state index in [2.05, 4.69) is 10.2 Å². The number of nitrogens with one attached hydrogen (secondary N) is 1. The first-order chi connectivity index (χ1) is 19.9. The number of aromatic nitrogens is 2. The third kappa shape index (κ3) is 4.31. The molecule has 214 valence electrons. The van der Waals surface area contributed by atoms with Crippen LogP contribution in [0.5, 0.6) is 0 Å². The highest BCUT2D eigenvalue weighted by atomic mass is 16.6. The number of likely N-dealkylation sites (tertiary alicyclic amines) is 2. The van der Waals surface area contributed by atoms with Crippen LogP contribution in [0.3, 0.4) is 0 Å². The Balaban J connectivity index is 1.11. The Morgan fingerprint density at radius 3 is 2.63 bits per heavy atom. The van der Waals surface area contributed by atoms with Gasteiger partial charge in [-0.2, -0.15) is 0 Å². The van der Waals surface area contributed by atoms with Gasteiger partial charge in [-0.05, 0) is 75.5 Å². The van der Waals surface area contributed by atoms with Crippen molar-refractivity contribution in [2.75, 3.05) is 31.5 Å². The molecule has 7 rings (SSSR count). The Morgan fingerprint density at radius 1 is 1.10 bits per heavy atom. The molecule has 2 N–H and O–H groups in total. The highest BCUT2D eigenvalue weighted by Gasteiger charge is 2.45. The molecular weight excluding hydrogens is 522 g/mol. The molecule has 1 aromatic carbocycles. The molecule has 3 aromatic rings. The van der Waals surface area contributed by atoms with Crippen molar-refractivity contribution >= 4 is 28.6 Å². The summed E-state index contributed by atoms with van der Waals surface area (Å²) in [4.78, 5) is 48.2. The van der Waals surface area contributed by atoms with Crippen molar-refractivity contribution in [1.29, 1.82) is 0 Å². The summed E-state index contributed by atoms with van der Waals surface area (Å²) < 4.78 is 6.78. The van der Waals surface area contributed by atoms with E-state index in [4.69, 9.17) is 9.72 Å². The number of urea groups is 1. The molecule has 0 unspecified atom stereocenters. The van der Waals surface area contributed by atoms with Crippen LogP contribution in [0, 0.1) is 0 Å². The molecule has 0 radical (unpaired) electrons. The van der Waals surface area contributed by atoms with E-state index in [1.54, 1.807) is 17.6 Å². The Labute approximate surface area is 237 Å². The first kappa shape index (κ1) is 26.2. The van der Waals surface area contributed by atoms with Crippen molar-refractivity contribution in [1.82, 2.24) is 19.4 Å². The first-order valence-corrected chi connectivity index (χ1v) is 14.8. The lowest BCUT2D eigenvalue weighted by atomic mass is 9.86. The predicted octanol–water partition coefficient (Wildman–Crippen LogP) is 3.56. The number of amides is 2. The number of piperidine rings is 2. The fourth-order valence-corrected chi connectivity index (χ4v) is 6.98. The highest BCUT2D eigenvalue weighted by Crippen LogP contribution is 2.38. The van der Waals surface area contributed by atoms with Gasteiger partial charge in [-0.1, -0.05) is 13.3 Å². The van der Waals surface area contributed by atoms with Crippen molar-refractivity contribution in [2.45, 2.75) is 70.2 Å². The molecule has 2 aromatic heterocycles. The molecule has 41 heavy (non-hydrogen) atoms. The average molecular weight is 558 g/mol. The fourth-order valence-electron chi connectivity index (χ4n) is 6.98. The van der Waals surface area contributed by atoms with Crippen LogP contribution >= 0.6 is 0 Å². The number of fused-ring (bicyclic) bond motifs is 5. The maximum atomic E-state index is 13.4. The van der Waals surface area contributed by atoms with Crippen molar-refractivity contribution in [3.8, 4) is 11.4 Å². The van der Waals surface area contributed by atoms with Gasteiger partial charge in [0.05, 0.1) is 29.0 Å². The number of cyclic esters (lactones) is 1. The largest absolute Gasteiger partial charge is 0.458 e. The smallest absolute Gasteiger partial charge is 0.343 e. The van der Waals surface area contributed by atoms with E-state index >= 15 is 0 Å². The number of carbonyl (C=O) groups is 2. The average Bonchev–Trinajstić information content (AvgIpc) is 3.36. The minimum Gasteiger partial charge on any atom is -0.458 e. The van der Waals surface area contributed by atoms with Crippen LogP contribution in [0.15, 0.2) is 35.1 Å². The number of esters is 1. The Kier molecular flexibility index (Phi) is 6.35. The molecule has 1 atom stereocenters. The third-order valence-electron chi connectivity index (χ3n) is 9.42. The van der Waals surface area contributed by atoms with Crippen LogP contribution in [0.1, 0.15) is 62.1 Å². The van der Waals surface area contributed by atoms with Gasteiger partial charge in [0.25, 0.3) is 5.56 Å². The van der Waals surface area contributed by atoms with E-state index in [9.17, 15) is 19.5 Å². The van der Waals surface area contributed by atoms with Crippen LogP contribution in [0.25, 0.3) is 22.3 Å². The van der Waals surface area contributed by atoms with Gasteiger partial charge in [0, 0.05) is 41.3 Å². The minimum atomic E-state index is -1.85. The monoisotopic (exact) mass is 557 g/mol. The lowest BCUT2D eigenvalue weighted by Crippen LogP contribution is -2.49. The molecule has 2 fully saturated rings. The number of hydrogen-bond acceptors (Lipinski definition) is 7. The molecule has 6 heterocycles. The zero-order valence-electron chi connectivity index (χ0n) is 23.3. The highest BCUT2D eigenvalue weighted by molar-refractivity contribution is 5.94. The van der Waals surface area contributed by atoms with Gasteiger partial charge in [0.15, 0.2) is 5.60 Å². The summed E-state index contributed by atoms with van der Waals surface area (Å²) in [7, 11) is 0. The maximum Gasteiger partial charge on any atom is 0.343 e. The van der Waals surface area contributed by atoms with Gasteiger partial charge < -0.3 is 29.5 Å². The zero-order chi connectivity index (χ0) is 28.3. The van der Waals surface area contributed by atoms with Crippen molar-refractivity contribution < 1.29 is 19.4 Å². The Hall–Kier alpha value is -3.76. The molecule has 2 amide bonds. The quantitative estimate of drug-likeness (QED) is 0.370. The number of benzene rings is 1. The number of ether oxygens (including phenoxy) is 1. The fraction of sp³-hybridized carbons (Fsp3) is 0.484. The summed E-state index contributed by atoms with van der Waals surface area (Å²) in [6, 6.07) is 9.85. The second-order valence-corrected chi connectivity index (χ2v) is 11.8. The van der Waals surface area contributed by atoms with Crippen LogP contribution in [-0.4, -0.2) is 68.7 Å². The third-order valence-corrected chi connectivity index (χ3v) is 9.42. The lowest BCUT2D eigenvalue weighted by molar-refractivity contribution is -0.172. The van der Waals surface area contributed by atoms with Gasteiger partial charge in [-0.3, -0.25) is 4.79 Å². The summed E-state index contributed by atoms with van der Waals surface area (Å²) in [5.41, 5.74) is 2.02. The van der Waals surface area contributed by atoms with E-state index in [1.165, 1.54) is 32.4 Å². The van der Waals surface area contributed by atoms with Crippen molar-refractivity contribution in [3.05, 3.63) is 57.4 Å². The van der Waals surface area contributed by atoms with E-state index < -0.39 is 11.6 Å². The van der Waals surface area contributed by atoms with E-state index in [0.717, 1.165) is 42.4 Å². The SMILES string of the molecule is CC[C@@]1(O)C(=O)OCc2c1cc1n(c2=O)Cc2cc3cc(NC(=O)N4CCC(N5CCCCC5)CC4)ccc3nc2-1. The summed E-state index contributed by atoms with van der Waals surface area (Å²) in [6.07, 6.45) is 6.02. The molecule has 0 aliphatic carbocycles. The first-order valence-electron chi connectivity index (χ1n) is 14.8. The Morgan fingerprint density at radius 2 is 1.88 bits per heavy atom. The number of aliphatic hydroxyl groups is 1. The number of carbonyl (C=O) groups excluding carboxylic acids is 2. The zero-order valence-corrected chi connectivity index (χ0v) is 23.3. The van der Waals surface area contributed by atoms with E-state index in [-0.39, 0.29) is 24.6 Å². The number of hydrogen-bond donors (Lipinski definition) is 2. The molecular formula is C31H35N5O5. The molecule has 0 saturated carbocycles. The number of anilines is 1. The summed E-state index contributed by atoms with van der Waals surface area (Å²) in [6.45, 7) is 5.76. The molecule has 0 bridgehead atoms. The molecule has 10 nitrogen and oxygen atoms in total.